The van der Waals surface area contributed by atoms with Gasteiger partial charge in [-0.05, 0) is 0 Å². The Morgan fingerprint density at radius 1 is 1.04 bits per heavy atom. The van der Waals surface area contributed by atoms with E-state index in [-0.39, 0.29) is 21.2 Å². The molecule has 0 radical (unpaired) electrons. The van der Waals surface area contributed by atoms with Crippen molar-refractivity contribution in [1.29, 1.82) is 0 Å². The van der Waals surface area contributed by atoms with Gasteiger partial charge >= 0.3 is 313 Å². The van der Waals surface area contributed by atoms with Crippen molar-refractivity contribution in [2.45, 2.75) is 123 Å². The van der Waals surface area contributed by atoms with Gasteiger partial charge in [0.15, 0.2) is 0 Å². The molecule has 4 rings (SSSR count). The first-order valence-electron chi connectivity index (χ1n) is 17.9. The van der Waals surface area contributed by atoms with Crippen LogP contribution in [0.3, 0.4) is 0 Å². The van der Waals surface area contributed by atoms with Crippen molar-refractivity contribution in [3.8, 4) is 0 Å². The molecule has 45 heavy (non-hydrogen) atoms. The number of hydrogen-bond donors (Lipinski definition) is 0. The minimum atomic E-state index is -0.691. The molecule has 3 unspecified atom stereocenters. The van der Waals surface area contributed by atoms with Crippen molar-refractivity contribution >= 4 is 52.0 Å². The first-order valence-corrected chi connectivity index (χ1v) is 37.4. The number of benzene rings is 1. The third-order valence-electron chi connectivity index (χ3n) is 10.6. The Morgan fingerprint density at radius 2 is 1.67 bits per heavy atom. The van der Waals surface area contributed by atoms with Crippen molar-refractivity contribution in [3.63, 3.8) is 0 Å². The van der Waals surface area contributed by atoms with Crippen LogP contribution in [0.4, 0.5) is 5.69 Å². The van der Waals surface area contributed by atoms with E-state index in [1.807, 2.05) is 0 Å². The summed E-state index contributed by atoms with van der Waals surface area (Å²) in [6, 6.07) is 10.0. The first kappa shape index (κ1) is 39.0. The molecule has 0 spiro atoms. The Bertz CT molecular complexity index is 1140. The molecule has 3 atom stereocenters. The molecule has 258 valence electrons. The number of rotatable bonds is 15. The molecule has 2 saturated heterocycles. The van der Waals surface area contributed by atoms with E-state index in [0.717, 1.165) is 21.7 Å². The maximum atomic E-state index is 4.76. The van der Waals surface area contributed by atoms with Gasteiger partial charge in [-0.15, -0.1) is 0 Å². The second kappa shape index (κ2) is 18.4. The number of anilines is 1. The van der Waals surface area contributed by atoms with E-state index in [0.29, 0.717) is 17.3 Å². The van der Waals surface area contributed by atoms with E-state index < -0.39 is 27.7 Å². The molecule has 1 aromatic carbocycles. The Balaban J connectivity index is 1.56. The zero-order chi connectivity index (χ0) is 32.7. The number of allylic oxidation sites excluding steroid dienone is 5. The van der Waals surface area contributed by atoms with Crippen LogP contribution in [0.15, 0.2) is 57.7 Å². The predicted molar refractivity (Wildman–Crippen MR) is 226 cm³/mol. The van der Waals surface area contributed by atoms with Gasteiger partial charge in [0, 0.05) is 0 Å². The van der Waals surface area contributed by atoms with Crippen LogP contribution in [0.25, 0.3) is 0 Å². The van der Waals surface area contributed by atoms with Crippen LogP contribution in [0.5, 0.6) is 0 Å². The predicted octanol–water partition coefficient (Wildman–Crippen LogP) is 10.8. The topological polar surface area (TPSA) is 3.24 Å². The van der Waals surface area contributed by atoms with Gasteiger partial charge in [-0.3, -0.25) is 0 Å². The van der Waals surface area contributed by atoms with Gasteiger partial charge in [-0.25, -0.2) is 0 Å². The Kier molecular flexibility index (Phi) is 15.9. The molecule has 2 heterocycles. The van der Waals surface area contributed by atoms with Crippen LogP contribution in [-0.4, -0.2) is 23.9 Å². The van der Waals surface area contributed by atoms with E-state index in [1.54, 1.807) is 6.01 Å². The summed E-state index contributed by atoms with van der Waals surface area (Å²) >= 11 is 1.95. The quantitative estimate of drug-likeness (QED) is 0.0961. The van der Waals surface area contributed by atoms with Crippen molar-refractivity contribution in [1.82, 2.24) is 0 Å². The van der Waals surface area contributed by atoms with Crippen molar-refractivity contribution < 1.29 is 21.2 Å². The standard InChI is InChI=1S/C40H64I4N/c1-10-14-31(6)39(42-27-29(2)3)35-21-25-45(26-22-35)36-18-16-34(17-19-36)38(40(9)23-12-11-13-24-40)37(33(8)30(4)5)20-15-32(7)43-28-44(43)41/h15-20,29-31,35,38-39H,8,10-14,21-28H2,1-7,9H3/q-1/b32-15+,37-20+. The number of hydrogen-bond acceptors (Lipinski definition) is 1. The zero-order valence-electron chi connectivity index (χ0n) is 29.8. The normalized spacial score (nSPS) is 23.5. The van der Waals surface area contributed by atoms with E-state index in [2.05, 4.69) is 115 Å². The summed E-state index contributed by atoms with van der Waals surface area (Å²) in [6.45, 7) is 26.8. The van der Waals surface area contributed by atoms with E-state index in [4.69, 9.17) is 6.58 Å². The van der Waals surface area contributed by atoms with E-state index in [9.17, 15) is 0 Å². The Labute approximate surface area is 309 Å². The molecule has 0 bridgehead atoms. The summed E-state index contributed by atoms with van der Waals surface area (Å²) in [4.78, 5) is 2.71. The Morgan fingerprint density at radius 3 is 2.20 bits per heavy atom. The number of alkyl halides is 4. The van der Waals surface area contributed by atoms with Gasteiger partial charge in [-0.1, -0.05) is 0 Å². The van der Waals surface area contributed by atoms with Crippen molar-refractivity contribution in [2.24, 2.45) is 29.1 Å². The van der Waals surface area contributed by atoms with Crippen LogP contribution in [0, 0.1) is 29.1 Å². The molecule has 2 aliphatic heterocycles. The molecule has 3 fully saturated rings. The van der Waals surface area contributed by atoms with Gasteiger partial charge in [-0.2, -0.15) is 0 Å². The third kappa shape index (κ3) is 10.8. The van der Waals surface area contributed by atoms with Crippen LogP contribution in [0.2, 0.25) is 0 Å². The molecule has 1 nitrogen and oxygen atoms in total. The summed E-state index contributed by atoms with van der Waals surface area (Å²) in [5.74, 6) is 3.62. The van der Waals surface area contributed by atoms with E-state index in [1.165, 1.54) is 97.7 Å². The zero-order valence-corrected chi connectivity index (χ0v) is 38.4. The van der Waals surface area contributed by atoms with Crippen LogP contribution in [0.1, 0.15) is 125 Å². The molecular weight excluding hydrogens is 1000 g/mol. The number of nitrogens with zero attached hydrogens (tertiary/aromatic N) is 1. The fourth-order valence-electron chi connectivity index (χ4n) is 7.85. The average Bonchev–Trinajstić information content (AvgIpc) is 3.76. The average molecular weight is 1070 g/mol. The van der Waals surface area contributed by atoms with Gasteiger partial charge in [0.05, 0.1) is 0 Å². The van der Waals surface area contributed by atoms with Gasteiger partial charge < -0.3 is 0 Å². The minimum absolute atomic E-state index is 0.289. The third-order valence-corrected chi connectivity index (χ3v) is 62.7. The van der Waals surface area contributed by atoms with Crippen molar-refractivity contribution in [3.05, 3.63) is 63.3 Å². The molecule has 0 aromatic heterocycles. The molecular formula is C40H64I4N-. The van der Waals surface area contributed by atoms with E-state index >= 15 is 0 Å². The Hall–Kier alpha value is 1.16. The molecule has 5 heteroatoms. The van der Waals surface area contributed by atoms with Gasteiger partial charge in [0.1, 0.15) is 0 Å². The van der Waals surface area contributed by atoms with Gasteiger partial charge in [0.2, 0.25) is 0 Å². The van der Waals surface area contributed by atoms with Crippen molar-refractivity contribution in [2.75, 3.05) is 24.9 Å². The first-order chi connectivity index (χ1) is 21.4. The maximum absolute atomic E-state index is 4.76. The molecule has 1 aromatic rings. The molecule has 0 amide bonds. The summed E-state index contributed by atoms with van der Waals surface area (Å²) in [6.07, 6.45) is 17.5. The summed E-state index contributed by atoms with van der Waals surface area (Å²) in [5.41, 5.74) is 6.16. The molecule has 1 saturated carbocycles. The summed E-state index contributed by atoms with van der Waals surface area (Å²) in [5, 5.41) is 0. The molecule has 0 N–H and O–H groups in total. The molecule has 3 aliphatic rings. The SMILES string of the molecule is C=C(/C(=C\C=C(/C)I1CI1I)C(c1ccc(N2CCC(C([I-]CC(C)C)C(C)CCC)CC2)cc1)C1(C)CCCCC1)C(C)C. The summed E-state index contributed by atoms with van der Waals surface area (Å²) < 4.78 is 5.94. The molecule has 1 aliphatic carbocycles. The van der Waals surface area contributed by atoms with Crippen LogP contribution >= 0.6 is 46.3 Å². The summed E-state index contributed by atoms with van der Waals surface area (Å²) in [7, 11) is 0. The fourth-order valence-corrected chi connectivity index (χ4v) is 74.1. The second-order valence-electron chi connectivity index (χ2n) is 15.2. The fraction of sp³-hybridized carbons (Fsp3) is 0.700. The van der Waals surface area contributed by atoms with Crippen LogP contribution < -0.4 is 26.1 Å². The number of piperidine rings is 1. The van der Waals surface area contributed by atoms with Crippen LogP contribution in [-0.2, 0) is 0 Å². The number of halogens is 4. The monoisotopic (exact) mass is 1070 g/mol. The van der Waals surface area contributed by atoms with Gasteiger partial charge in [0.25, 0.3) is 0 Å². The second-order valence-corrected chi connectivity index (χ2v) is 58.0.